The molecule has 0 saturated carbocycles. The molecule has 0 spiro atoms. The second-order valence-corrected chi connectivity index (χ2v) is 8.35. The maximum atomic E-state index is 6.29. The first-order chi connectivity index (χ1) is 14.2. The summed E-state index contributed by atoms with van der Waals surface area (Å²) >= 11 is 1.73. The number of ether oxygens (including phenoxy) is 1. The van der Waals surface area contributed by atoms with Crippen molar-refractivity contribution in [3.8, 4) is 11.4 Å². The summed E-state index contributed by atoms with van der Waals surface area (Å²) in [5.41, 5.74) is 3.51. The molecular weight excluding hydrogens is 382 g/mol. The van der Waals surface area contributed by atoms with Gasteiger partial charge in [-0.05, 0) is 31.2 Å². The van der Waals surface area contributed by atoms with E-state index in [4.69, 9.17) is 4.74 Å². The first kappa shape index (κ1) is 19.9. The third-order valence-electron chi connectivity index (χ3n) is 5.15. The number of aromatic nitrogens is 3. The van der Waals surface area contributed by atoms with Gasteiger partial charge < -0.3 is 19.5 Å². The van der Waals surface area contributed by atoms with Crippen LogP contribution in [0.2, 0.25) is 0 Å². The summed E-state index contributed by atoms with van der Waals surface area (Å²) < 4.78 is 8.46. The standard InChI is InChI=1S/C22H27N5OS/c1-4-27-20(16-8-6-5-7-9-16)24-25-22(27)29-15-19-14-23-21(28-19)17-10-12-18(13-11-17)26(2)3/h5-13,19,21,23H,4,14-15H2,1-3H3/p+1/t19-,21-/m1/s1. The van der Waals surface area contributed by atoms with Gasteiger partial charge >= 0.3 is 0 Å². The summed E-state index contributed by atoms with van der Waals surface area (Å²) in [6.07, 6.45) is 0.265. The summed E-state index contributed by atoms with van der Waals surface area (Å²) in [6, 6.07) is 18.8. The van der Waals surface area contributed by atoms with Crippen LogP contribution in [0.15, 0.2) is 59.8 Å². The molecule has 1 aliphatic heterocycles. The molecule has 1 aliphatic rings. The number of quaternary nitrogens is 1. The molecule has 0 radical (unpaired) electrons. The largest absolute Gasteiger partial charge is 0.378 e. The van der Waals surface area contributed by atoms with Crippen LogP contribution in [-0.2, 0) is 11.3 Å². The fourth-order valence-corrected chi connectivity index (χ4v) is 4.55. The van der Waals surface area contributed by atoms with Crippen LogP contribution in [0.25, 0.3) is 11.4 Å². The van der Waals surface area contributed by atoms with Crippen molar-refractivity contribution in [2.75, 3.05) is 31.3 Å². The monoisotopic (exact) mass is 410 g/mol. The van der Waals surface area contributed by atoms with Crippen molar-refractivity contribution >= 4 is 17.4 Å². The van der Waals surface area contributed by atoms with E-state index in [9.17, 15) is 0 Å². The van der Waals surface area contributed by atoms with E-state index in [0.717, 1.165) is 35.4 Å². The normalized spacial score (nSPS) is 18.9. The van der Waals surface area contributed by atoms with Crippen molar-refractivity contribution in [1.82, 2.24) is 14.8 Å². The summed E-state index contributed by atoms with van der Waals surface area (Å²) in [5, 5.41) is 12.1. The van der Waals surface area contributed by atoms with Crippen LogP contribution in [0, 0.1) is 0 Å². The summed E-state index contributed by atoms with van der Waals surface area (Å²) in [4.78, 5) is 2.11. The predicted octanol–water partition coefficient (Wildman–Crippen LogP) is 2.78. The Morgan fingerprint density at radius 2 is 1.86 bits per heavy atom. The van der Waals surface area contributed by atoms with E-state index < -0.39 is 0 Å². The molecule has 2 N–H and O–H groups in total. The Bertz CT molecular complexity index is 926. The third-order valence-corrected chi connectivity index (χ3v) is 6.25. The highest BCUT2D eigenvalue weighted by atomic mass is 32.2. The van der Waals surface area contributed by atoms with Gasteiger partial charge in [0, 0.05) is 43.2 Å². The van der Waals surface area contributed by atoms with Crippen LogP contribution in [0.4, 0.5) is 5.69 Å². The average Bonchev–Trinajstić information content (AvgIpc) is 3.39. The molecule has 3 aromatic rings. The van der Waals surface area contributed by atoms with Crippen LogP contribution in [0.5, 0.6) is 0 Å². The van der Waals surface area contributed by atoms with E-state index in [0.29, 0.717) is 0 Å². The quantitative estimate of drug-likeness (QED) is 0.607. The van der Waals surface area contributed by atoms with Crippen molar-refractivity contribution < 1.29 is 10.1 Å². The Morgan fingerprint density at radius 3 is 2.55 bits per heavy atom. The van der Waals surface area contributed by atoms with Crippen LogP contribution in [-0.4, -0.2) is 47.3 Å². The highest BCUT2D eigenvalue weighted by Gasteiger charge is 2.30. The van der Waals surface area contributed by atoms with Crippen LogP contribution >= 0.6 is 11.8 Å². The number of hydrogen-bond donors (Lipinski definition) is 1. The molecule has 0 aliphatic carbocycles. The van der Waals surface area contributed by atoms with Crippen LogP contribution in [0.3, 0.4) is 0 Å². The minimum absolute atomic E-state index is 0.0701. The summed E-state index contributed by atoms with van der Waals surface area (Å²) in [7, 11) is 4.11. The van der Waals surface area contributed by atoms with Crippen LogP contribution < -0.4 is 10.2 Å². The van der Waals surface area contributed by atoms with Gasteiger partial charge in [-0.25, -0.2) is 0 Å². The Morgan fingerprint density at radius 1 is 1.10 bits per heavy atom. The lowest BCUT2D eigenvalue weighted by Gasteiger charge is -2.14. The molecule has 2 atom stereocenters. The van der Waals surface area contributed by atoms with Crippen molar-refractivity contribution in [2.24, 2.45) is 0 Å². The zero-order valence-electron chi connectivity index (χ0n) is 17.2. The lowest BCUT2D eigenvalue weighted by atomic mass is 10.2. The molecule has 4 rings (SSSR count). The van der Waals surface area contributed by atoms with Crippen molar-refractivity contribution in [1.29, 1.82) is 0 Å². The number of thioether (sulfide) groups is 1. The number of benzene rings is 2. The molecule has 1 saturated heterocycles. The Balaban J connectivity index is 1.37. The third kappa shape index (κ3) is 4.47. The SMILES string of the molecule is CCn1c(SC[C@H]2C[NH2+][C@@H](c3ccc(N(C)C)cc3)O2)nnc1-c1ccccc1. The minimum atomic E-state index is 0.0701. The molecule has 2 aromatic carbocycles. The summed E-state index contributed by atoms with van der Waals surface area (Å²) in [5.74, 6) is 1.80. The number of rotatable bonds is 7. The molecule has 1 fully saturated rings. The Labute approximate surface area is 176 Å². The molecule has 0 bridgehead atoms. The number of nitrogens with zero attached hydrogens (tertiary/aromatic N) is 4. The van der Waals surface area contributed by atoms with E-state index in [2.05, 4.69) is 82.4 Å². The molecule has 29 heavy (non-hydrogen) atoms. The Kier molecular flexibility index (Phi) is 6.18. The highest BCUT2D eigenvalue weighted by Crippen LogP contribution is 2.26. The molecule has 152 valence electrons. The second kappa shape index (κ2) is 8.98. The Hall–Kier alpha value is -2.35. The van der Waals surface area contributed by atoms with Crippen molar-refractivity contribution in [3.05, 3.63) is 60.2 Å². The van der Waals surface area contributed by atoms with E-state index in [-0.39, 0.29) is 12.3 Å². The summed E-state index contributed by atoms with van der Waals surface area (Å²) in [6.45, 7) is 3.93. The lowest BCUT2D eigenvalue weighted by molar-refractivity contribution is -0.697. The van der Waals surface area contributed by atoms with Gasteiger partial charge in [-0.15, -0.1) is 10.2 Å². The van der Waals surface area contributed by atoms with Gasteiger partial charge in [0.05, 0.1) is 0 Å². The van der Waals surface area contributed by atoms with E-state index in [1.165, 1.54) is 11.3 Å². The predicted molar refractivity (Wildman–Crippen MR) is 117 cm³/mol. The zero-order valence-corrected chi connectivity index (χ0v) is 18.0. The number of anilines is 1. The molecular formula is C22H28N5OS+. The molecule has 2 heterocycles. The van der Waals surface area contributed by atoms with Gasteiger partial charge in [0.15, 0.2) is 11.0 Å². The first-order valence-corrected chi connectivity index (χ1v) is 11.0. The molecule has 1 aromatic heterocycles. The van der Waals surface area contributed by atoms with E-state index in [1.807, 2.05) is 18.2 Å². The molecule has 7 heteroatoms. The van der Waals surface area contributed by atoms with Gasteiger partial charge in [-0.2, -0.15) is 0 Å². The molecule has 0 unspecified atom stereocenters. The smallest absolute Gasteiger partial charge is 0.217 e. The number of nitrogens with two attached hydrogens (primary N) is 1. The average molecular weight is 411 g/mol. The van der Waals surface area contributed by atoms with Crippen LogP contribution in [0.1, 0.15) is 18.7 Å². The zero-order chi connectivity index (χ0) is 20.2. The van der Waals surface area contributed by atoms with Gasteiger partial charge in [-0.1, -0.05) is 42.1 Å². The molecule has 0 amide bonds. The van der Waals surface area contributed by atoms with Crippen molar-refractivity contribution in [3.63, 3.8) is 0 Å². The first-order valence-electron chi connectivity index (χ1n) is 10.0. The number of hydrogen-bond acceptors (Lipinski definition) is 5. The maximum absolute atomic E-state index is 6.29. The fourth-order valence-electron chi connectivity index (χ4n) is 3.53. The van der Waals surface area contributed by atoms with Gasteiger partial charge in [0.25, 0.3) is 0 Å². The fraction of sp³-hybridized carbons (Fsp3) is 0.364. The van der Waals surface area contributed by atoms with E-state index >= 15 is 0 Å². The topological polar surface area (TPSA) is 59.8 Å². The maximum Gasteiger partial charge on any atom is 0.217 e. The van der Waals surface area contributed by atoms with Gasteiger partial charge in [0.1, 0.15) is 12.6 Å². The lowest BCUT2D eigenvalue weighted by Crippen LogP contribution is -2.82. The molecule has 6 nitrogen and oxygen atoms in total. The second-order valence-electron chi connectivity index (χ2n) is 7.36. The van der Waals surface area contributed by atoms with Crippen molar-refractivity contribution in [2.45, 2.75) is 31.0 Å². The minimum Gasteiger partial charge on any atom is -0.378 e. The highest BCUT2D eigenvalue weighted by molar-refractivity contribution is 7.99. The van der Waals surface area contributed by atoms with Gasteiger partial charge in [0.2, 0.25) is 6.23 Å². The van der Waals surface area contributed by atoms with Gasteiger partial charge in [-0.3, -0.25) is 0 Å². The van der Waals surface area contributed by atoms with E-state index in [1.54, 1.807) is 11.8 Å².